The summed E-state index contributed by atoms with van der Waals surface area (Å²) < 4.78 is 0. The highest BCUT2D eigenvalue weighted by molar-refractivity contribution is 6.31. The Balaban J connectivity index is 1.90. The number of carbonyl (C=O) groups is 1. The summed E-state index contributed by atoms with van der Waals surface area (Å²) in [6.07, 6.45) is 2.37. The molecule has 1 amide bonds. The van der Waals surface area contributed by atoms with Crippen LogP contribution >= 0.6 is 11.6 Å². The zero-order valence-corrected chi connectivity index (χ0v) is 18.0. The highest BCUT2D eigenvalue weighted by Gasteiger charge is 2.13. The van der Waals surface area contributed by atoms with E-state index in [1.54, 1.807) is 24.3 Å². The summed E-state index contributed by atoms with van der Waals surface area (Å²) in [5.74, 6) is -0.455. The number of nitriles is 1. The number of amides is 1. The lowest BCUT2D eigenvalue weighted by Gasteiger charge is -2.10. The maximum Gasteiger partial charge on any atom is 0.266 e. The lowest BCUT2D eigenvalue weighted by atomic mass is 9.96. The van der Waals surface area contributed by atoms with E-state index in [2.05, 4.69) is 37.4 Å². The molecule has 0 aliphatic rings. The zero-order valence-electron chi connectivity index (χ0n) is 17.3. The quantitative estimate of drug-likeness (QED) is 0.387. The van der Waals surface area contributed by atoms with E-state index in [0.29, 0.717) is 10.7 Å². The number of carbonyl (C=O) groups excluding carboxylic acids is 1. The Hall–Kier alpha value is -3.35. The SMILES string of the molecule is Cc1cc(C)cc(Cc2ccccc2/C=C(\C#N)C(=O)Nc2cccc(Cl)c2C)c1. The van der Waals surface area contributed by atoms with Gasteiger partial charge in [0.05, 0.1) is 0 Å². The van der Waals surface area contributed by atoms with Gasteiger partial charge in [0.1, 0.15) is 11.6 Å². The molecule has 3 nitrogen and oxygen atoms in total. The van der Waals surface area contributed by atoms with Crippen molar-refractivity contribution >= 4 is 29.3 Å². The highest BCUT2D eigenvalue weighted by atomic mass is 35.5. The van der Waals surface area contributed by atoms with E-state index in [0.717, 1.165) is 23.1 Å². The van der Waals surface area contributed by atoms with E-state index in [-0.39, 0.29) is 5.57 Å². The fourth-order valence-corrected chi connectivity index (χ4v) is 3.64. The molecule has 1 N–H and O–H groups in total. The number of aryl methyl sites for hydroxylation is 2. The molecule has 0 bridgehead atoms. The average Bonchev–Trinajstić information content (AvgIpc) is 2.70. The number of hydrogen-bond donors (Lipinski definition) is 1. The van der Waals surface area contributed by atoms with Crippen molar-refractivity contribution in [3.8, 4) is 6.07 Å². The van der Waals surface area contributed by atoms with Crippen LogP contribution in [0.2, 0.25) is 5.02 Å². The van der Waals surface area contributed by atoms with Crippen LogP contribution in [0.3, 0.4) is 0 Å². The van der Waals surface area contributed by atoms with Crippen LogP contribution in [0.15, 0.2) is 66.2 Å². The Morgan fingerprint density at radius 1 is 1.03 bits per heavy atom. The van der Waals surface area contributed by atoms with E-state index >= 15 is 0 Å². The van der Waals surface area contributed by atoms with Crippen molar-refractivity contribution in [3.05, 3.63) is 105 Å². The number of nitrogens with one attached hydrogen (secondary N) is 1. The van der Waals surface area contributed by atoms with E-state index < -0.39 is 5.91 Å². The van der Waals surface area contributed by atoms with Crippen LogP contribution < -0.4 is 5.32 Å². The average molecular weight is 415 g/mol. The second-order valence-electron chi connectivity index (χ2n) is 7.41. The number of hydrogen-bond acceptors (Lipinski definition) is 2. The second kappa shape index (κ2) is 9.43. The van der Waals surface area contributed by atoms with Crippen LogP contribution in [-0.4, -0.2) is 5.91 Å². The molecule has 0 fully saturated rings. The molecule has 4 heteroatoms. The number of benzene rings is 3. The molecule has 0 saturated heterocycles. The monoisotopic (exact) mass is 414 g/mol. The number of nitrogens with zero attached hydrogens (tertiary/aromatic N) is 1. The summed E-state index contributed by atoms with van der Waals surface area (Å²) in [5, 5.41) is 13.0. The minimum absolute atomic E-state index is 0.0437. The molecule has 0 atom stereocenters. The predicted octanol–water partition coefficient (Wildman–Crippen LogP) is 6.40. The first-order valence-corrected chi connectivity index (χ1v) is 10.1. The first-order chi connectivity index (χ1) is 14.4. The second-order valence-corrected chi connectivity index (χ2v) is 7.82. The summed E-state index contributed by atoms with van der Waals surface area (Å²) in [7, 11) is 0. The van der Waals surface area contributed by atoms with Gasteiger partial charge in [0, 0.05) is 10.7 Å². The van der Waals surface area contributed by atoms with E-state index in [9.17, 15) is 10.1 Å². The first-order valence-electron chi connectivity index (χ1n) is 9.70. The van der Waals surface area contributed by atoms with Crippen LogP contribution in [0, 0.1) is 32.1 Å². The number of rotatable bonds is 5. The molecule has 0 aromatic heterocycles. The van der Waals surface area contributed by atoms with E-state index in [1.807, 2.05) is 37.3 Å². The van der Waals surface area contributed by atoms with Crippen LogP contribution in [0.1, 0.15) is 33.4 Å². The fourth-order valence-electron chi connectivity index (χ4n) is 3.46. The van der Waals surface area contributed by atoms with Crippen molar-refractivity contribution in [2.45, 2.75) is 27.2 Å². The molecule has 30 heavy (non-hydrogen) atoms. The fraction of sp³-hybridized carbons (Fsp3) is 0.154. The van der Waals surface area contributed by atoms with Gasteiger partial charge in [-0.2, -0.15) is 5.26 Å². The maximum absolute atomic E-state index is 12.7. The standard InChI is InChI=1S/C26H23ClN2O/c1-17-11-18(2)13-20(12-17)14-21-7-4-5-8-22(21)15-23(16-28)26(30)29-25-10-6-9-24(27)19(25)3/h4-13,15H,14H2,1-3H3,(H,29,30)/b23-15+. The highest BCUT2D eigenvalue weighted by Crippen LogP contribution is 2.24. The smallest absolute Gasteiger partial charge is 0.266 e. The third-order valence-electron chi connectivity index (χ3n) is 4.91. The van der Waals surface area contributed by atoms with Gasteiger partial charge in [-0.15, -0.1) is 0 Å². The van der Waals surface area contributed by atoms with Crippen molar-refractivity contribution in [2.75, 3.05) is 5.32 Å². The number of halogens is 1. The Morgan fingerprint density at radius 3 is 2.43 bits per heavy atom. The Kier molecular flexibility index (Phi) is 6.72. The van der Waals surface area contributed by atoms with Gasteiger partial charge in [-0.1, -0.05) is 71.3 Å². The molecule has 150 valence electrons. The van der Waals surface area contributed by atoms with Gasteiger partial charge in [0.15, 0.2) is 0 Å². The van der Waals surface area contributed by atoms with Gasteiger partial charge in [0.2, 0.25) is 0 Å². The van der Waals surface area contributed by atoms with Crippen LogP contribution in [0.25, 0.3) is 6.08 Å². The van der Waals surface area contributed by atoms with Crippen molar-refractivity contribution in [3.63, 3.8) is 0 Å². The molecule has 0 heterocycles. The molecule has 0 aliphatic carbocycles. The largest absolute Gasteiger partial charge is 0.321 e. The van der Waals surface area contributed by atoms with Gasteiger partial charge in [-0.25, -0.2) is 0 Å². The molecule has 3 aromatic carbocycles. The minimum atomic E-state index is -0.455. The molecule has 0 spiro atoms. The minimum Gasteiger partial charge on any atom is -0.321 e. The Labute approximate surface area is 182 Å². The third-order valence-corrected chi connectivity index (χ3v) is 5.32. The lowest BCUT2D eigenvalue weighted by Crippen LogP contribution is -2.14. The van der Waals surface area contributed by atoms with Crippen LogP contribution in [0.4, 0.5) is 5.69 Å². The van der Waals surface area contributed by atoms with Crippen molar-refractivity contribution in [1.29, 1.82) is 5.26 Å². The molecular formula is C26H23ClN2O. The molecule has 3 aromatic rings. The van der Waals surface area contributed by atoms with Gasteiger partial charge in [-0.3, -0.25) is 4.79 Å². The van der Waals surface area contributed by atoms with Crippen LogP contribution in [0.5, 0.6) is 0 Å². The Morgan fingerprint density at radius 2 is 1.73 bits per heavy atom. The summed E-state index contributed by atoms with van der Waals surface area (Å²) in [6.45, 7) is 5.99. The summed E-state index contributed by atoms with van der Waals surface area (Å²) in [4.78, 5) is 12.7. The molecular weight excluding hydrogens is 392 g/mol. The van der Waals surface area contributed by atoms with Gasteiger partial charge in [-0.05, 0) is 67.7 Å². The maximum atomic E-state index is 12.7. The van der Waals surface area contributed by atoms with Gasteiger partial charge < -0.3 is 5.32 Å². The summed E-state index contributed by atoms with van der Waals surface area (Å²) >= 11 is 6.13. The van der Waals surface area contributed by atoms with Gasteiger partial charge in [0.25, 0.3) is 5.91 Å². The van der Waals surface area contributed by atoms with E-state index in [4.69, 9.17) is 11.6 Å². The molecule has 0 unspecified atom stereocenters. The molecule has 0 radical (unpaired) electrons. The number of anilines is 1. The third kappa shape index (κ3) is 5.17. The van der Waals surface area contributed by atoms with Crippen molar-refractivity contribution in [2.24, 2.45) is 0 Å². The van der Waals surface area contributed by atoms with Crippen molar-refractivity contribution < 1.29 is 4.79 Å². The van der Waals surface area contributed by atoms with Gasteiger partial charge >= 0.3 is 0 Å². The normalized spacial score (nSPS) is 11.1. The lowest BCUT2D eigenvalue weighted by molar-refractivity contribution is -0.112. The predicted molar refractivity (Wildman–Crippen MR) is 124 cm³/mol. The molecule has 0 aliphatic heterocycles. The Bertz CT molecular complexity index is 1150. The topological polar surface area (TPSA) is 52.9 Å². The summed E-state index contributed by atoms with van der Waals surface area (Å²) in [5.41, 5.74) is 6.94. The molecule has 3 rings (SSSR count). The van der Waals surface area contributed by atoms with Crippen molar-refractivity contribution in [1.82, 2.24) is 0 Å². The van der Waals surface area contributed by atoms with E-state index in [1.165, 1.54) is 16.7 Å². The zero-order chi connectivity index (χ0) is 21.7. The summed E-state index contributed by atoms with van der Waals surface area (Å²) in [6, 6.07) is 21.6. The molecule has 0 saturated carbocycles. The van der Waals surface area contributed by atoms with Crippen LogP contribution in [-0.2, 0) is 11.2 Å². The first kappa shape index (κ1) is 21.4.